The first kappa shape index (κ1) is 16.3. The molecule has 0 saturated carbocycles. The lowest BCUT2D eigenvalue weighted by molar-refractivity contribution is 0.588. The highest BCUT2D eigenvalue weighted by atomic mass is 32.2. The van der Waals surface area contributed by atoms with Crippen molar-refractivity contribution in [3.05, 3.63) is 65.9 Å². The number of halogens is 2. The molecular formula is C17H15F2N3OS. The summed E-state index contributed by atoms with van der Waals surface area (Å²) in [4.78, 5) is 0.701. The Morgan fingerprint density at radius 2 is 1.88 bits per heavy atom. The van der Waals surface area contributed by atoms with Gasteiger partial charge in [-0.2, -0.15) is 5.10 Å². The molecule has 1 aromatic heterocycles. The lowest BCUT2D eigenvalue weighted by Crippen LogP contribution is -2.02. The van der Waals surface area contributed by atoms with Gasteiger partial charge in [0.2, 0.25) is 0 Å². The summed E-state index contributed by atoms with van der Waals surface area (Å²) in [6, 6.07) is 10.9. The summed E-state index contributed by atoms with van der Waals surface area (Å²) in [6.45, 7) is 0.319. The smallest absolute Gasteiger partial charge is 0.135 e. The minimum Gasteiger partial charge on any atom is -0.381 e. The number of hydrogen-bond donors (Lipinski definition) is 2. The maximum Gasteiger partial charge on any atom is 0.135 e. The van der Waals surface area contributed by atoms with E-state index in [0.29, 0.717) is 22.7 Å². The zero-order valence-electron chi connectivity index (χ0n) is 12.8. The molecule has 1 atom stereocenters. The monoisotopic (exact) mass is 347 g/mol. The van der Waals surface area contributed by atoms with E-state index in [1.807, 2.05) is 6.07 Å². The van der Waals surface area contributed by atoms with E-state index in [4.69, 9.17) is 0 Å². The van der Waals surface area contributed by atoms with E-state index in [1.165, 1.54) is 24.4 Å². The summed E-state index contributed by atoms with van der Waals surface area (Å²) in [5.74, 6) is -1.30. The molecule has 7 heteroatoms. The summed E-state index contributed by atoms with van der Waals surface area (Å²) in [5.41, 5.74) is 1.56. The number of anilines is 1. The van der Waals surface area contributed by atoms with Crippen molar-refractivity contribution in [3.63, 3.8) is 0 Å². The van der Waals surface area contributed by atoms with Crippen LogP contribution < -0.4 is 5.32 Å². The normalized spacial score (nSPS) is 12.1. The van der Waals surface area contributed by atoms with Gasteiger partial charge >= 0.3 is 0 Å². The molecule has 2 aromatic carbocycles. The van der Waals surface area contributed by atoms with Crippen LogP contribution in [-0.2, 0) is 17.3 Å². The van der Waals surface area contributed by atoms with Crippen LogP contribution in [0.3, 0.4) is 0 Å². The number of nitrogens with one attached hydrogen (secondary N) is 2. The third-order valence-electron chi connectivity index (χ3n) is 3.58. The molecule has 0 aliphatic heterocycles. The van der Waals surface area contributed by atoms with E-state index in [0.717, 1.165) is 5.69 Å². The number of aromatic amines is 1. The van der Waals surface area contributed by atoms with Gasteiger partial charge in [-0.25, -0.2) is 8.78 Å². The first-order valence-electron chi connectivity index (χ1n) is 7.20. The van der Waals surface area contributed by atoms with Crippen molar-refractivity contribution in [2.45, 2.75) is 11.4 Å². The van der Waals surface area contributed by atoms with Gasteiger partial charge in [0.1, 0.15) is 11.6 Å². The molecule has 0 fully saturated rings. The van der Waals surface area contributed by atoms with Crippen molar-refractivity contribution in [1.29, 1.82) is 0 Å². The molecular weight excluding hydrogens is 332 g/mol. The van der Waals surface area contributed by atoms with Crippen LogP contribution in [0.15, 0.2) is 53.6 Å². The average Bonchev–Trinajstić information content (AvgIpc) is 3.01. The van der Waals surface area contributed by atoms with E-state index >= 15 is 0 Å². The lowest BCUT2D eigenvalue weighted by atomic mass is 10.1. The Labute approximate surface area is 140 Å². The second kappa shape index (κ2) is 6.92. The van der Waals surface area contributed by atoms with Gasteiger partial charge in [-0.15, -0.1) is 0 Å². The second-order valence-electron chi connectivity index (χ2n) is 5.20. The number of aromatic nitrogens is 2. The fourth-order valence-corrected chi connectivity index (χ4v) is 2.94. The van der Waals surface area contributed by atoms with Crippen LogP contribution in [0.5, 0.6) is 0 Å². The van der Waals surface area contributed by atoms with Crippen LogP contribution in [-0.4, -0.2) is 20.7 Å². The van der Waals surface area contributed by atoms with Gasteiger partial charge in [0.05, 0.1) is 17.5 Å². The number of nitrogens with zero attached hydrogens (tertiary/aromatic N) is 1. The minimum atomic E-state index is -1.08. The summed E-state index contributed by atoms with van der Waals surface area (Å²) in [7, 11) is -1.08. The molecule has 0 amide bonds. The van der Waals surface area contributed by atoms with Crippen LogP contribution >= 0.6 is 0 Å². The van der Waals surface area contributed by atoms with Crippen LogP contribution in [0, 0.1) is 11.6 Å². The largest absolute Gasteiger partial charge is 0.381 e. The second-order valence-corrected chi connectivity index (χ2v) is 6.58. The molecule has 0 aliphatic carbocycles. The Morgan fingerprint density at radius 3 is 2.58 bits per heavy atom. The molecule has 0 radical (unpaired) electrons. The third kappa shape index (κ3) is 3.35. The Bertz CT molecular complexity index is 875. The molecule has 0 bridgehead atoms. The SMILES string of the molecule is C[S@](=O)c1cccc(NCc2cn[nH]c2-c2c(F)cccc2F)c1. The molecule has 3 rings (SSSR count). The summed E-state index contributed by atoms with van der Waals surface area (Å²) in [6.07, 6.45) is 3.13. The van der Waals surface area contributed by atoms with E-state index in [9.17, 15) is 13.0 Å². The van der Waals surface area contributed by atoms with Gasteiger partial charge < -0.3 is 5.32 Å². The Kier molecular flexibility index (Phi) is 4.71. The predicted octanol–water partition coefficient (Wildman–Crippen LogP) is 3.70. The Hall–Kier alpha value is -2.54. The summed E-state index contributed by atoms with van der Waals surface area (Å²) >= 11 is 0. The fraction of sp³-hybridized carbons (Fsp3) is 0.118. The van der Waals surface area contributed by atoms with E-state index < -0.39 is 22.4 Å². The standard InChI is InChI=1S/C17H15F2N3OS/c1-24(23)13-5-2-4-12(8-13)20-9-11-10-21-22-17(11)16-14(18)6-3-7-15(16)19/h2-8,10,20H,9H2,1H3,(H,21,22)/t24-/m0/s1. The Balaban J connectivity index is 1.84. The maximum absolute atomic E-state index is 14.0. The average molecular weight is 347 g/mol. The molecule has 24 heavy (non-hydrogen) atoms. The lowest BCUT2D eigenvalue weighted by Gasteiger charge is -2.09. The van der Waals surface area contributed by atoms with Gasteiger partial charge in [-0.1, -0.05) is 12.1 Å². The predicted molar refractivity (Wildman–Crippen MR) is 90.0 cm³/mol. The van der Waals surface area contributed by atoms with Crippen LogP contribution in [0.4, 0.5) is 14.5 Å². The van der Waals surface area contributed by atoms with E-state index in [2.05, 4.69) is 15.5 Å². The molecule has 0 spiro atoms. The van der Waals surface area contributed by atoms with Crippen LogP contribution in [0.2, 0.25) is 0 Å². The van der Waals surface area contributed by atoms with Crippen LogP contribution in [0.25, 0.3) is 11.3 Å². The molecule has 0 aliphatic rings. The van der Waals surface area contributed by atoms with Crippen molar-refractivity contribution in [3.8, 4) is 11.3 Å². The molecule has 124 valence electrons. The van der Waals surface area contributed by atoms with Crippen molar-refractivity contribution in [2.75, 3.05) is 11.6 Å². The fourth-order valence-electron chi connectivity index (χ4n) is 2.38. The first-order chi connectivity index (χ1) is 11.6. The van der Waals surface area contributed by atoms with Gasteiger partial charge in [0, 0.05) is 39.7 Å². The first-order valence-corrected chi connectivity index (χ1v) is 8.76. The summed E-state index contributed by atoms with van der Waals surface area (Å²) < 4.78 is 39.4. The van der Waals surface area contributed by atoms with Gasteiger partial charge in [-0.05, 0) is 30.3 Å². The molecule has 0 unspecified atom stereocenters. The van der Waals surface area contributed by atoms with Crippen molar-refractivity contribution in [2.24, 2.45) is 0 Å². The number of H-pyrrole nitrogens is 1. The zero-order chi connectivity index (χ0) is 17.1. The molecule has 4 nitrogen and oxygen atoms in total. The molecule has 0 saturated heterocycles. The number of hydrogen-bond acceptors (Lipinski definition) is 3. The molecule has 3 aromatic rings. The van der Waals surface area contributed by atoms with E-state index in [1.54, 1.807) is 24.5 Å². The van der Waals surface area contributed by atoms with Crippen molar-refractivity contribution < 1.29 is 13.0 Å². The van der Waals surface area contributed by atoms with Crippen molar-refractivity contribution >= 4 is 16.5 Å². The highest BCUT2D eigenvalue weighted by molar-refractivity contribution is 7.84. The minimum absolute atomic E-state index is 0.129. The van der Waals surface area contributed by atoms with Gasteiger partial charge in [0.25, 0.3) is 0 Å². The highest BCUT2D eigenvalue weighted by Gasteiger charge is 2.16. The highest BCUT2D eigenvalue weighted by Crippen LogP contribution is 2.27. The van der Waals surface area contributed by atoms with Gasteiger partial charge in [0.15, 0.2) is 0 Å². The summed E-state index contributed by atoms with van der Waals surface area (Å²) in [5, 5.41) is 9.69. The van der Waals surface area contributed by atoms with Gasteiger partial charge in [-0.3, -0.25) is 9.31 Å². The third-order valence-corrected chi connectivity index (χ3v) is 4.50. The number of benzene rings is 2. The van der Waals surface area contributed by atoms with Crippen molar-refractivity contribution in [1.82, 2.24) is 10.2 Å². The molecule has 2 N–H and O–H groups in total. The van der Waals surface area contributed by atoms with Crippen LogP contribution in [0.1, 0.15) is 5.56 Å². The molecule has 1 heterocycles. The topological polar surface area (TPSA) is 57.8 Å². The number of rotatable bonds is 5. The maximum atomic E-state index is 14.0. The zero-order valence-corrected chi connectivity index (χ0v) is 13.7. The quantitative estimate of drug-likeness (QED) is 0.740. The Morgan fingerprint density at radius 1 is 1.17 bits per heavy atom. The van der Waals surface area contributed by atoms with E-state index in [-0.39, 0.29) is 5.56 Å².